The molecular formula is C12H15Cl2NO. The van der Waals surface area contributed by atoms with Crippen molar-refractivity contribution < 1.29 is 5.11 Å². The number of hydrogen-bond donors (Lipinski definition) is 2. The van der Waals surface area contributed by atoms with Gasteiger partial charge in [-0.15, -0.1) is 0 Å². The van der Waals surface area contributed by atoms with Gasteiger partial charge in [0.2, 0.25) is 0 Å². The van der Waals surface area contributed by atoms with Crippen LogP contribution >= 0.6 is 23.2 Å². The van der Waals surface area contributed by atoms with Crippen LogP contribution in [0.3, 0.4) is 0 Å². The maximum atomic E-state index is 9.92. The maximum absolute atomic E-state index is 9.92. The summed E-state index contributed by atoms with van der Waals surface area (Å²) in [4.78, 5) is 0. The van der Waals surface area contributed by atoms with Crippen molar-refractivity contribution in [3.05, 3.63) is 33.8 Å². The monoisotopic (exact) mass is 259 g/mol. The molecule has 2 rings (SSSR count). The molecule has 0 heterocycles. The molecule has 2 N–H and O–H groups in total. The predicted molar refractivity (Wildman–Crippen MR) is 67.0 cm³/mol. The van der Waals surface area contributed by atoms with Crippen molar-refractivity contribution in [2.75, 3.05) is 13.1 Å². The van der Waals surface area contributed by atoms with Crippen LogP contribution in [0, 0.1) is 5.92 Å². The van der Waals surface area contributed by atoms with E-state index in [4.69, 9.17) is 23.2 Å². The Labute approximate surface area is 106 Å². The molecule has 0 spiro atoms. The zero-order chi connectivity index (χ0) is 11.5. The van der Waals surface area contributed by atoms with Crippen LogP contribution < -0.4 is 5.32 Å². The van der Waals surface area contributed by atoms with Gasteiger partial charge in [-0.25, -0.2) is 0 Å². The number of hydrogen-bond acceptors (Lipinski definition) is 2. The molecule has 0 radical (unpaired) electrons. The van der Waals surface area contributed by atoms with Gasteiger partial charge in [0.15, 0.2) is 0 Å². The van der Waals surface area contributed by atoms with E-state index in [0.29, 0.717) is 16.6 Å². The molecule has 1 aliphatic rings. The van der Waals surface area contributed by atoms with Gasteiger partial charge in [0, 0.05) is 16.6 Å². The second kappa shape index (κ2) is 5.37. The smallest absolute Gasteiger partial charge is 0.0915 e. The Balaban J connectivity index is 1.88. The van der Waals surface area contributed by atoms with Gasteiger partial charge in [0.25, 0.3) is 0 Å². The number of benzene rings is 1. The lowest BCUT2D eigenvalue weighted by Crippen LogP contribution is -2.23. The number of rotatable bonds is 5. The minimum Gasteiger partial charge on any atom is -0.387 e. The summed E-state index contributed by atoms with van der Waals surface area (Å²) >= 11 is 11.7. The number of nitrogens with one attached hydrogen (secondary N) is 1. The first-order chi connectivity index (χ1) is 7.65. The fraction of sp³-hybridized carbons (Fsp3) is 0.500. The molecule has 1 aromatic carbocycles. The molecule has 2 nitrogen and oxygen atoms in total. The minimum atomic E-state index is -0.546. The summed E-state index contributed by atoms with van der Waals surface area (Å²) in [6.45, 7) is 1.54. The molecule has 4 heteroatoms. The summed E-state index contributed by atoms with van der Waals surface area (Å²) in [5, 5.41) is 14.3. The lowest BCUT2D eigenvalue weighted by Gasteiger charge is -2.12. The first kappa shape index (κ1) is 12.2. The Bertz CT molecular complexity index is 346. The normalized spacial score (nSPS) is 17.4. The van der Waals surface area contributed by atoms with Crippen LogP contribution in [-0.2, 0) is 0 Å². The highest BCUT2D eigenvalue weighted by Crippen LogP contribution is 2.28. The van der Waals surface area contributed by atoms with Crippen LogP contribution in [0.2, 0.25) is 10.0 Å². The second-order valence-corrected chi connectivity index (χ2v) is 5.19. The molecule has 0 bridgehead atoms. The van der Waals surface area contributed by atoms with Gasteiger partial charge in [0.1, 0.15) is 0 Å². The summed E-state index contributed by atoms with van der Waals surface area (Å²) in [5.41, 5.74) is 0.765. The highest BCUT2D eigenvalue weighted by atomic mass is 35.5. The van der Waals surface area contributed by atoms with Crippen molar-refractivity contribution in [3.63, 3.8) is 0 Å². The first-order valence-corrected chi connectivity index (χ1v) is 6.25. The van der Waals surface area contributed by atoms with Crippen LogP contribution in [0.15, 0.2) is 18.2 Å². The van der Waals surface area contributed by atoms with E-state index < -0.39 is 6.10 Å². The lowest BCUT2D eigenvalue weighted by atomic mass is 10.1. The Morgan fingerprint density at radius 3 is 2.44 bits per heavy atom. The van der Waals surface area contributed by atoms with E-state index in [-0.39, 0.29) is 0 Å². The molecule has 88 valence electrons. The first-order valence-electron chi connectivity index (χ1n) is 5.50. The predicted octanol–water partition coefficient (Wildman–Crippen LogP) is 3.03. The number of halogens is 2. The molecule has 1 aromatic rings. The Hall–Kier alpha value is -0.280. The van der Waals surface area contributed by atoms with Crippen LogP contribution in [0.25, 0.3) is 0 Å². The Morgan fingerprint density at radius 2 is 1.88 bits per heavy atom. The Kier molecular flexibility index (Phi) is 4.09. The zero-order valence-electron chi connectivity index (χ0n) is 8.92. The lowest BCUT2D eigenvalue weighted by molar-refractivity contribution is 0.174. The molecule has 1 atom stereocenters. The van der Waals surface area contributed by atoms with Crippen LogP contribution in [0.4, 0.5) is 0 Å². The average Bonchev–Trinajstić information content (AvgIpc) is 3.00. The summed E-state index contributed by atoms with van der Waals surface area (Å²) in [7, 11) is 0. The summed E-state index contributed by atoms with van der Waals surface area (Å²) < 4.78 is 0. The van der Waals surface area contributed by atoms with Gasteiger partial charge in [-0.3, -0.25) is 0 Å². The third kappa shape index (κ3) is 3.63. The van der Waals surface area contributed by atoms with Crippen LogP contribution in [0.1, 0.15) is 24.5 Å². The average molecular weight is 260 g/mol. The fourth-order valence-electron chi connectivity index (χ4n) is 1.63. The van der Waals surface area contributed by atoms with Gasteiger partial charge in [0.05, 0.1) is 6.10 Å². The highest BCUT2D eigenvalue weighted by Gasteiger charge is 2.20. The van der Waals surface area contributed by atoms with Gasteiger partial charge in [-0.2, -0.15) is 0 Å². The van der Waals surface area contributed by atoms with Gasteiger partial charge in [-0.1, -0.05) is 23.2 Å². The largest absolute Gasteiger partial charge is 0.387 e. The third-order valence-electron chi connectivity index (χ3n) is 2.74. The SMILES string of the molecule is OC(CNCC1CC1)c1cc(Cl)cc(Cl)c1. The summed E-state index contributed by atoms with van der Waals surface area (Å²) in [5.74, 6) is 0.815. The summed E-state index contributed by atoms with van der Waals surface area (Å²) in [6.07, 6.45) is 2.08. The topological polar surface area (TPSA) is 32.3 Å². The van der Waals surface area contributed by atoms with E-state index in [9.17, 15) is 5.11 Å². The Morgan fingerprint density at radius 1 is 1.25 bits per heavy atom. The van der Waals surface area contributed by atoms with E-state index in [1.807, 2.05) is 0 Å². The van der Waals surface area contributed by atoms with E-state index in [2.05, 4.69) is 5.32 Å². The second-order valence-electron chi connectivity index (χ2n) is 4.32. The van der Waals surface area contributed by atoms with Crippen molar-refractivity contribution in [2.24, 2.45) is 5.92 Å². The van der Waals surface area contributed by atoms with Crippen molar-refractivity contribution in [1.82, 2.24) is 5.32 Å². The molecule has 1 aliphatic carbocycles. The minimum absolute atomic E-state index is 0.546. The van der Waals surface area contributed by atoms with Crippen molar-refractivity contribution in [3.8, 4) is 0 Å². The molecule has 1 fully saturated rings. The van der Waals surface area contributed by atoms with Crippen molar-refractivity contribution in [1.29, 1.82) is 0 Å². The molecule has 0 amide bonds. The third-order valence-corrected chi connectivity index (χ3v) is 3.17. The van der Waals surface area contributed by atoms with Gasteiger partial charge >= 0.3 is 0 Å². The van der Waals surface area contributed by atoms with Crippen molar-refractivity contribution in [2.45, 2.75) is 18.9 Å². The van der Waals surface area contributed by atoms with E-state index >= 15 is 0 Å². The highest BCUT2D eigenvalue weighted by molar-refractivity contribution is 6.34. The molecule has 0 aliphatic heterocycles. The van der Waals surface area contributed by atoms with Gasteiger partial charge in [-0.05, 0) is 49.1 Å². The van der Waals surface area contributed by atoms with E-state index in [1.54, 1.807) is 18.2 Å². The summed E-state index contributed by atoms with van der Waals surface area (Å²) in [6, 6.07) is 5.16. The van der Waals surface area contributed by atoms with Gasteiger partial charge < -0.3 is 10.4 Å². The van der Waals surface area contributed by atoms with Crippen LogP contribution in [0.5, 0.6) is 0 Å². The van der Waals surface area contributed by atoms with E-state index in [0.717, 1.165) is 18.0 Å². The van der Waals surface area contributed by atoms with E-state index in [1.165, 1.54) is 12.8 Å². The molecule has 1 unspecified atom stereocenters. The number of aliphatic hydroxyl groups is 1. The quantitative estimate of drug-likeness (QED) is 0.852. The molecule has 0 saturated heterocycles. The fourth-order valence-corrected chi connectivity index (χ4v) is 2.17. The van der Waals surface area contributed by atoms with Crippen molar-refractivity contribution >= 4 is 23.2 Å². The maximum Gasteiger partial charge on any atom is 0.0915 e. The molecule has 16 heavy (non-hydrogen) atoms. The molecule has 0 aromatic heterocycles. The van der Waals surface area contributed by atoms with Crippen LogP contribution in [-0.4, -0.2) is 18.2 Å². The number of aliphatic hydroxyl groups excluding tert-OH is 1. The standard InChI is InChI=1S/C12H15Cl2NO/c13-10-3-9(4-11(14)5-10)12(16)7-15-6-8-1-2-8/h3-5,8,12,15-16H,1-2,6-7H2. The zero-order valence-corrected chi connectivity index (χ0v) is 10.4. The molecular weight excluding hydrogens is 245 g/mol. The molecule has 1 saturated carbocycles.